The van der Waals surface area contributed by atoms with E-state index in [1.807, 2.05) is 6.33 Å². The Balaban J connectivity index is 1.80. The fraction of sp³-hybridized carbons (Fsp3) is 0.833. The molecular weight excluding hydrogens is 222 g/mol. The Hall–Kier alpha value is -0.570. The summed E-state index contributed by atoms with van der Waals surface area (Å²) in [5, 5.41) is 4.38. The summed E-state index contributed by atoms with van der Waals surface area (Å²) in [6, 6.07) is 0. The van der Waals surface area contributed by atoms with Crippen LogP contribution in [0.15, 0.2) is 12.7 Å². The third kappa shape index (κ3) is 1.15. The van der Waals surface area contributed by atoms with Crippen molar-refractivity contribution in [3.05, 3.63) is 12.7 Å². The Labute approximate surface area is 100 Å². The fourth-order valence-corrected chi connectivity index (χ4v) is 5.51. The van der Waals surface area contributed by atoms with Gasteiger partial charge in [0.25, 0.3) is 0 Å². The summed E-state index contributed by atoms with van der Waals surface area (Å²) < 4.78 is 2.10. The molecule has 0 aliphatic heterocycles. The lowest BCUT2D eigenvalue weighted by Gasteiger charge is -2.59. The molecule has 4 heteroatoms. The molecule has 86 valence electrons. The van der Waals surface area contributed by atoms with Gasteiger partial charge in [0.2, 0.25) is 0 Å². The second-order valence-corrected chi connectivity index (χ2v) is 6.98. The first kappa shape index (κ1) is 9.46. The average Bonchev–Trinajstić information content (AvgIpc) is 2.65. The molecule has 0 saturated heterocycles. The molecule has 0 spiro atoms. The van der Waals surface area contributed by atoms with E-state index >= 15 is 0 Å². The van der Waals surface area contributed by atoms with E-state index in [9.17, 15) is 0 Å². The third-order valence-corrected chi connectivity index (χ3v) is 5.31. The maximum Gasteiger partial charge on any atom is 0.137 e. The molecule has 0 amide bonds. The lowest BCUT2D eigenvalue weighted by atomic mass is 9.52. The number of rotatable bonds is 1. The Kier molecular flexibility index (Phi) is 1.66. The quantitative estimate of drug-likeness (QED) is 0.703. The van der Waals surface area contributed by atoms with E-state index in [0.717, 1.165) is 18.3 Å². The molecule has 1 heterocycles. The smallest absolute Gasteiger partial charge is 0.137 e. The molecule has 2 unspecified atom stereocenters. The van der Waals surface area contributed by atoms with Crippen LogP contribution in [0.3, 0.4) is 0 Å². The average molecular weight is 238 g/mol. The van der Waals surface area contributed by atoms with Crippen LogP contribution in [0.25, 0.3) is 0 Å². The molecule has 2 atom stereocenters. The molecular formula is C12H16ClN3. The Bertz CT molecular complexity index is 400. The lowest BCUT2D eigenvalue weighted by molar-refractivity contribution is -0.0373. The summed E-state index contributed by atoms with van der Waals surface area (Å²) in [4.78, 5) is 4.18. The van der Waals surface area contributed by atoms with E-state index in [-0.39, 0.29) is 10.4 Å². The van der Waals surface area contributed by atoms with Crippen molar-refractivity contribution in [1.29, 1.82) is 0 Å². The molecule has 0 radical (unpaired) electrons. The summed E-state index contributed by atoms with van der Waals surface area (Å²) in [6.07, 6.45) is 11.0. The highest BCUT2D eigenvalue weighted by Crippen LogP contribution is 2.62. The third-order valence-electron chi connectivity index (χ3n) is 4.86. The van der Waals surface area contributed by atoms with Gasteiger partial charge in [0.15, 0.2) is 0 Å². The summed E-state index contributed by atoms with van der Waals surface area (Å²) in [6.45, 7) is 0. The maximum absolute atomic E-state index is 6.78. The van der Waals surface area contributed by atoms with Gasteiger partial charge in [-0.2, -0.15) is 5.10 Å². The zero-order chi connectivity index (χ0) is 10.8. The molecule has 4 aliphatic rings. The Morgan fingerprint density at radius 2 is 1.94 bits per heavy atom. The van der Waals surface area contributed by atoms with Crippen molar-refractivity contribution in [3.63, 3.8) is 0 Å². The normalized spacial score (nSPS) is 49.8. The van der Waals surface area contributed by atoms with Gasteiger partial charge in [0.1, 0.15) is 12.7 Å². The Morgan fingerprint density at radius 1 is 1.19 bits per heavy atom. The summed E-state index contributed by atoms with van der Waals surface area (Å²) >= 11 is 6.78. The minimum atomic E-state index is 0.0655. The predicted octanol–water partition coefficient (Wildman–Crippen LogP) is 2.56. The monoisotopic (exact) mass is 237 g/mol. The maximum atomic E-state index is 6.78. The summed E-state index contributed by atoms with van der Waals surface area (Å²) in [7, 11) is 0. The van der Waals surface area contributed by atoms with Gasteiger partial charge in [-0.3, -0.25) is 0 Å². The number of alkyl halides is 1. The molecule has 1 aromatic heterocycles. The Morgan fingerprint density at radius 3 is 2.50 bits per heavy atom. The second kappa shape index (κ2) is 2.81. The number of hydrogen-bond donors (Lipinski definition) is 0. The van der Waals surface area contributed by atoms with E-state index < -0.39 is 0 Å². The van der Waals surface area contributed by atoms with Crippen LogP contribution in [0, 0.1) is 11.8 Å². The van der Waals surface area contributed by atoms with E-state index in [1.54, 1.807) is 6.33 Å². The van der Waals surface area contributed by atoms with Gasteiger partial charge in [0, 0.05) is 4.87 Å². The van der Waals surface area contributed by atoms with E-state index in [4.69, 9.17) is 11.6 Å². The van der Waals surface area contributed by atoms with Crippen LogP contribution in [-0.4, -0.2) is 19.6 Å². The van der Waals surface area contributed by atoms with Crippen molar-refractivity contribution < 1.29 is 0 Å². The van der Waals surface area contributed by atoms with Crippen LogP contribution < -0.4 is 0 Å². The molecule has 1 aromatic rings. The van der Waals surface area contributed by atoms with Gasteiger partial charge in [-0.15, -0.1) is 11.6 Å². The van der Waals surface area contributed by atoms with Crippen molar-refractivity contribution in [2.45, 2.75) is 48.9 Å². The fourth-order valence-electron chi connectivity index (χ4n) is 4.82. The molecule has 0 N–H and O–H groups in total. The topological polar surface area (TPSA) is 30.7 Å². The highest BCUT2D eigenvalue weighted by atomic mass is 35.5. The predicted molar refractivity (Wildman–Crippen MR) is 61.3 cm³/mol. The van der Waals surface area contributed by atoms with Crippen LogP contribution in [0.4, 0.5) is 0 Å². The van der Waals surface area contributed by atoms with Crippen molar-refractivity contribution in [1.82, 2.24) is 14.8 Å². The standard InChI is InChI=1S/C12H16ClN3/c13-11-2-9-1-10(3-11)5-12(4-9,6-11)16-8-14-7-15-16/h7-10H,1-6H2. The van der Waals surface area contributed by atoms with Gasteiger partial charge in [-0.25, -0.2) is 9.67 Å². The van der Waals surface area contributed by atoms with E-state index in [1.165, 1.54) is 32.1 Å². The second-order valence-electron chi connectivity index (χ2n) is 6.18. The van der Waals surface area contributed by atoms with Gasteiger partial charge >= 0.3 is 0 Å². The van der Waals surface area contributed by atoms with Crippen LogP contribution in [0.1, 0.15) is 38.5 Å². The van der Waals surface area contributed by atoms with Crippen molar-refractivity contribution in [2.75, 3.05) is 0 Å². The first-order valence-electron chi connectivity index (χ1n) is 6.22. The first-order chi connectivity index (χ1) is 7.68. The van der Waals surface area contributed by atoms with E-state index in [2.05, 4.69) is 14.8 Å². The van der Waals surface area contributed by atoms with E-state index in [0.29, 0.717) is 0 Å². The van der Waals surface area contributed by atoms with Gasteiger partial charge in [-0.1, -0.05) is 0 Å². The van der Waals surface area contributed by atoms with Crippen LogP contribution >= 0.6 is 11.6 Å². The van der Waals surface area contributed by atoms with Crippen molar-refractivity contribution in [3.8, 4) is 0 Å². The number of nitrogens with zero attached hydrogens (tertiary/aromatic N) is 3. The summed E-state index contributed by atoms with van der Waals surface area (Å²) in [5.74, 6) is 1.64. The molecule has 16 heavy (non-hydrogen) atoms. The largest absolute Gasteiger partial charge is 0.247 e. The van der Waals surface area contributed by atoms with Gasteiger partial charge in [0.05, 0.1) is 5.54 Å². The highest BCUT2D eigenvalue weighted by Gasteiger charge is 2.58. The highest BCUT2D eigenvalue weighted by molar-refractivity contribution is 6.24. The molecule has 4 aliphatic carbocycles. The van der Waals surface area contributed by atoms with Gasteiger partial charge < -0.3 is 0 Å². The lowest BCUT2D eigenvalue weighted by Crippen LogP contribution is -2.57. The minimum absolute atomic E-state index is 0.0655. The molecule has 0 aromatic carbocycles. The summed E-state index contributed by atoms with van der Waals surface area (Å²) in [5.41, 5.74) is 0.197. The zero-order valence-electron chi connectivity index (χ0n) is 9.27. The van der Waals surface area contributed by atoms with Crippen LogP contribution in [0.2, 0.25) is 0 Å². The van der Waals surface area contributed by atoms with Crippen molar-refractivity contribution >= 4 is 11.6 Å². The minimum Gasteiger partial charge on any atom is -0.247 e. The molecule has 4 fully saturated rings. The molecule has 3 nitrogen and oxygen atoms in total. The molecule has 4 bridgehead atoms. The number of aromatic nitrogens is 3. The first-order valence-corrected chi connectivity index (χ1v) is 6.59. The number of hydrogen-bond acceptors (Lipinski definition) is 2. The van der Waals surface area contributed by atoms with Gasteiger partial charge in [-0.05, 0) is 50.4 Å². The van der Waals surface area contributed by atoms with Crippen LogP contribution in [0.5, 0.6) is 0 Å². The molecule has 5 rings (SSSR count). The molecule has 4 saturated carbocycles. The zero-order valence-corrected chi connectivity index (χ0v) is 10.0. The van der Waals surface area contributed by atoms with Crippen LogP contribution in [-0.2, 0) is 5.54 Å². The van der Waals surface area contributed by atoms with Crippen molar-refractivity contribution in [2.24, 2.45) is 11.8 Å². The SMILES string of the molecule is ClC12CC3CC(C1)CC(n1cncn1)(C3)C2. The number of halogens is 1.